The lowest BCUT2D eigenvalue weighted by Crippen LogP contribution is -2.34. The third-order valence-corrected chi connectivity index (χ3v) is 3.01. The summed E-state index contributed by atoms with van der Waals surface area (Å²) in [5.74, 6) is 0.567. The van der Waals surface area contributed by atoms with Crippen molar-refractivity contribution < 1.29 is 14.6 Å². The van der Waals surface area contributed by atoms with Crippen LogP contribution in [0.3, 0.4) is 0 Å². The van der Waals surface area contributed by atoms with Gasteiger partial charge in [-0.1, -0.05) is 6.07 Å². The lowest BCUT2D eigenvalue weighted by atomic mass is 9.92. The van der Waals surface area contributed by atoms with E-state index in [0.717, 1.165) is 11.4 Å². The van der Waals surface area contributed by atoms with Gasteiger partial charge in [0.25, 0.3) is 0 Å². The quantitative estimate of drug-likeness (QED) is 0.804. The highest BCUT2D eigenvalue weighted by Crippen LogP contribution is 2.28. The lowest BCUT2D eigenvalue weighted by molar-refractivity contribution is -0.128. The van der Waals surface area contributed by atoms with E-state index in [4.69, 9.17) is 4.74 Å². The second kappa shape index (κ2) is 4.25. The van der Waals surface area contributed by atoms with E-state index in [2.05, 4.69) is 5.43 Å². The molecule has 0 aliphatic carbocycles. The minimum Gasteiger partial charge on any atom is -0.497 e. The first-order valence-corrected chi connectivity index (χ1v) is 5.42. The molecule has 1 amide bonds. The second-order valence-electron chi connectivity index (χ2n) is 4.45. The van der Waals surface area contributed by atoms with Gasteiger partial charge >= 0.3 is 0 Å². The molecule has 1 aliphatic rings. The lowest BCUT2D eigenvalue weighted by Gasteiger charge is -2.20. The largest absolute Gasteiger partial charge is 0.497 e. The van der Waals surface area contributed by atoms with E-state index >= 15 is 0 Å². The van der Waals surface area contributed by atoms with Crippen molar-refractivity contribution in [2.24, 2.45) is 5.41 Å². The number of ether oxygens (including phenoxy) is 1. The summed E-state index contributed by atoms with van der Waals surface area (Å²) >= 11 is 0. The first-order valence-electron chi connectivity index (χ1n) is 5.42. The van der Waals surface area contributed by atoms with E-state index in [1.54, 1.807) is 19.0 Å². The van der Waals surface area contributed by atoms with Crippen molar-refractivity contribution in [3.63, 3.8) is 0 Å². The average molecular weight is 236 g/mol. The van der Waals surface area contributed by atoms with Crippen LogP contribution in [0.2, 0.25) is 0 Å². The van der Waals surface area contributed by atoms with Crippen molar-refractivity contribution in [3.8, 4) is 5.75 Å². The van der Waals surface area contributed by atoms with Crippen LogP contribution in [0.4, 0.5) is 5.69 Å². The van der Waals surface area contributed by atoms with Gasteiger partial charge in [-0.2, -0.15) is 0 Å². The zero-order valence-electron chi connectivity index (χ0n) is 9.93. The number of hydrogen-bond acceptors (Lipinski definition) is 4. The fourth-order valence-corrected chi connectivity index (χ4v) is 1.77. The number of nitrogens with one attached hydrogen (secondary N) is 1. The monoisotopic (exact) mass is 236 g/mol. The first kappa shape index (κ1) is 11.7. The standard InChI is InChI=1S/C12H16N2O3/c1-12(8-15)7-14(13-11(12)16)9-4-3-5-10(6-9)17-2/h3-6,15H,7-8H2,1-2H3,(H,13,16). The number of benzene rings is 1. The topological polar surface area (TPSA) is 61.8 Å². The molecule has 1 fully saturated rings. The summed E-state index contributed by atoms with van der Waals surface area (Å²) in [6, 6.07) is 7.41. The summed E-state index contributed by atoms with van der Waals surface area (Å²) < 4.78 is 5.13. The van der Waals surface area contributed by atoms with Gasteiger partial charge in [0.2, 0.25) is 5.91 Å². The predicted octanol–water partition coefficient (Wildman–Crippen LogP) is 0.545. The van der Waals surface area contributed by atoms with E-state index in [9.17, 15) is 9.90 Å². The molecule has 2 N–H and O–H groups in total. The van der Waals surface area contributed by atoms with Gasteiger partial charge in [-0.05, 0) is 19.1 Å². The summed E-state index contributed by atoms with van der Waals surface area (Å²) in [5, 5.41) is 11.0. The van der Waals surface area contributed by atoms with Crippen LogP contribution in [-0.4, -0.2) is 31.3 Å². The van der Waals surface area contributed by atoms with Gasteiger partial charge in [0.05, 0.1) is 31.4 Å². The van der Waals surface area contributed by atoms with Crippen molar-refractivity contribution >= 4 is 11.6 Å². The molecule has 0 saturated carbocycles. The van der Waals surface area contributed by atoms with Crippen LogP contribution < -0.4 is 15.2 Å². The third kappa shape index (κ3) is 2.06. The van der Waals surface area contributed by atoms with Gasteiger partial charge < -0.3 is 9.84 Å². The van der Waals surface area contributed by atoms with Gasteiger partial charge in [0.15, 0.2) is 0 Å². The average Bonchev–Trinajstić information content (AvgIpc) is 2.67. The van der Waals surface area contributed by atoms with E-state index < -0.39 is 5.41 Å². The van der Waals surface area contributed by atoms with E-state index in [1.165, 1.54) is 0 Å². The van der Waals surface area contributed by atoms with Crippen molar-refractivity contribution in [1.29, 1.82) is 0 Å². The first-order chi connectivity index (χ1) is 8.09. The Balaban J connectivity index is 2.22. The third-order valence-electron chi connectivity index (χ3n) is 3.01. The minimum absolute atomic E-state index is 0.164. The zero-order chi connectivity index (χ0) is 12.5. The van der Waals surface area contributed by atoms with Crippen LogP contribution >= 0.6 is 0 Å². The molecule has 1 aromatic rings. The van der Waals surface area contributed by atoms with Gasteiger partial charge in [-0.25, -0.2) is 0 Å². The van der Waals surface area contributed by atoms with E-state index in [-0.39, 0.29) is 12.5 Å². The van der Waals surface area contributed by atoms with Gasteiger partial charge in [-0.15, -0.1) is 0 Å². The Kier molecular flexibility index (Phi) is 2.93. The van der Waals surface area contributed by atoms with Gasteiger partial charge in [-0.3, -0.25) is 15.2 Å². The molecule has 5 nitrogen and oxygen atoms in total. The number of nitrogens with zero attached hydrogens (tertiary/aromatic N) is 1. The Labute approximate surface area is 100.0 Å². The fraction of sp³-hybridized carbons (Fsp3) is 0.417. The molecule has 0 radical (unpaired) electrons. The van der Waals surface area contributed by atoms with Crippen LogP contribution in [0.5, 0.6) is 5.75 Å². The molecule has 17 heavy (non-hydrogen) atoms. The number of anilines is 1. The zero-order valence-corrected chi connectivity index (χ0v) is 9.93. The van der Waals surface area contributed by atoms with Crippen molar-refractivity contribution in [3.05, 3.63) is 24.3 Å². The van der Waals surface area contributed by atoms with Gasteiger partial charge in [0.1, 0.15) is 5.75 Å². The van der Waals surface area contributed by atoms with E-state index in [1.807, 2.05) is 24.3 Å². The molecule has 1 aliphatic heterocycles. The number of carbonyl (C=O) groups excluding carboxylic acids is 1. The number of carbonyl (C=O) groups is 1. The number of hydrogen-bond donors (Lipinski definition) is 2. The van der Waals surface area contributed by atoms with Crippen LogP contribution in [0.1, 0.15) is 6.92 Å². The Morgan fingerprint density at radius 1 is 1.59 bits per heavy atom. The molecule has 1 atom stereocenters. The van der Waals surface area contributed by atoms with Gasteiger partial charge in [0, 0.05) is 6.07 Å². The highest BCUT2D eigenvalue weighted by atomic mass is 16.5. The molecule has 1 aromatic carbocycles. The Morgan fingerprint density at radius 2 is 2.35 bits per heavy atom. The minimum atomic E-state index is -0.747. The SMILES string of the molecule is COc1cccc(N2CC(C)(CO)C(=O)N2)c1. The number of aliphatic hydroxyl groups excluding tert-OH is 1. The number of methoxy groups -OCH3 is 1. The Hall–Kier alpha value is -1.75. The summed E-state index contributed by atoms with van der Waals surface area (Å²) in [7, 11) is 1.60. The molecule has 1 unspecified atom stereocenters. The van der Waals surface area contributed by atoms with Crippen LogP contribution in [0.15, 0.2) is 24.3 Å². The molecule has 2 rings (SSSR count). The predicted molar refractivity (Wildman–Crippen MR) is 63.7 cm³/mol. The molecule has 5 heteroatoms. The molecule has 1 saturated heterocycles. The Morgan fingerprint density at radius 3 is 2.94 bits per heavy atom. The normalized spacial score (nSPS) is 23.7. The summed E-state index contributed by atoms with van der Waals surface area (Å²) in [4.78, 5) is 11.7. The van der Waals surface area contributed by atoms with Crippen LogP contribution in [0.25, 0.3) is 0 Å². The maximum atomic E-state index is 11.7. The fourth-order valence-electron chi connectivity index (χ4n) is 1.77. The van der Waals surface area contributed by atoms with Crippen LogP contribution in [-0.2, 0) is 4.79 Å². The highest BCUT2D eigenvalue weighted by Gasteiger charge is 2.41. The molecule has 1 heterocycles. The molecule has 92 valence electrons. The maximum absolute atomic E-state index is 11.7. The molecule has 0 aromatic heterocycles. The van der Waals surface area contributed by atoms with Crippen molar-refractivity contribution in [2.45, 2.75) is 6.92 Å². The van der Waals surface area contributed by atoms with Crippen molar-refractivity contribution in [1.82, 2.24) is 5.43 Å². The second-order valence-corrected chi connectivity index (χ2v) is 4.45. The molecular weight excluding hydrogens is 220 g/mol. The number of rotatable bonds is 3. The van der Waals surface area contributed by atoms with Crippen LogP contribution in [0, 0.1) is 5.41 Å². The summed E-state index contributed by atoms with van der Waals surface area (Å²) in [6.45, 7) is 2.01. The Bertz CT molecular complexity index is 436. The highest BCUT2D eigenvalue weighted by molar-refractivity contribution is 5.87. The maximum Gasteiger partial charge on any atom is 0.248 e. The number of aliphatic hydroxyl groups is 1. The molecule has 0 spiro atoms. The summed E-state index contributed by atoms with van der Waals surface area (Å²) in [5.41, 5.74) is 2.84. The molecular formula is C12H16N2O3. The van der Waals surface area contributed by atoms with E-state index in [0.29, 0.717) is 6.54 Å². The number of amides is 1. The molecule has 0 bridgehead atoms. The smallest absolute Gasteiger partial charge is 0.248 e. The van der Waals surface area contributed by atoms with Crippen molar-refractivity contribution in [2.75, 3.05) is 25.3 Å². The number of hydrazine groups is 1. The summed E-state index contributed by atoms with van der Waals surface area (Å²) in [6.07, 6.45) is 0.